The van der Waals surface area contributed by atoms with Gasteiger partial charge in [-0.3, -0.25) is 0 Å². The van der Waals surface area contributed by atoms with Crippen LogP contribution in [-0.2, 0) is 6.42 Å². The van der Waals surface area contributed by atoms with Crippen LogP contribution in [0.1, 0.15) is 28.5 Å². The largest absolute Gasteiger partial charge is 0.395 e. The molecule has 14 heavy (non-hydrogen) atoms. The molecule has 0 aliphatic heterocycles. The summed E-state index contributed by atoms with van der Waals surface area (Å²) >= 11 is 1.06. The van der Waals surface area contributed by atoms with E-state index in [1.165, 1.54) is 0 Å². The van der Waals surface area contributed by atoms with Crippen LogP contribution in [0.4, 0.5) is 13.2 Å². The van der Waals surface area contributed by atoms with Crippen molar-refractivity contribution in [3.63, 3.8) is 0 Å². The fourth-order valence-corrected chi connectivity index (χ4v) is 2.20. The zero-order valence-corrected chi connectivity index (χ0v) is 8.67. The number of hydrogen-bond donors (Lipinski definition) is 1. The van der Waals surface area contributed by atoms with E-state index in [9.17, 15) is 13.2 Å². The van der Waals surface area contributed by atoms with E-state index in [1.54, 1.807) is 13.8 Å². The third kappa shape index (κ3) is 2.95. The van der Waals surface area contributed by atoms with E-state index < -0.39 is 12.6 Å². The van der Waals surface area contributed by atoms with E-state index >= 15 is 0 Å². The Morgan fingerprint density at radius 2 is 2.07 bits per heavy atom. The topological polar surface area (TPSA) is 38.9 Å². The Labute approximate surface area is 84.0 Å². The van der Waals surface area contributed by atoms with Crippen molar-refractivity contribution in [3.8, 4) is 0 Å². The SMILES string of the molecule is Cc1sc(CC(F)(F)F)nc1C(C)N. The molecule has 0 aliphatic rings. The third-order valence-corrected chi connectivity index (χ3v) is 2.65. The predicted molar refractivity (Wildman–Crippen MR) is 49.2 cm³/mol. The molecule has 1 aromatic rings. The number of rotatable bonds is 2. The molecule has 1 heterocycles. The molecule has 0 aromatic carbocycles. The summed E-state index contributed by atoms with van der Waals surface area (Å²) in [7, 11) is 0. The fourth-order valence-electron chi connectivity index (χ4n) is 1.13. The molecular formula is C8H11F3N2S. The zero-order chi connectivity index (χ0) is 10.9. The minimum atomic E-state index is -4.20. The van der Waals surface area contributed by atoms with Gasteiger partial charge in [-0.25, -0.2) is 4.98 Å². The van der Waals surface area contributed by atoms with Crippen molar-refractivity contribution in [2.24, 2.45) is 5.73 Å². The van der Waals surface area contributed by atoms with Gasteiger partial charge in [0.2, 0.25) is 0 Å². The molecule has 2 nitrogen and oxygen atoms in total. The minimum absolute atomic E-state index is 0.0855. The molecule has 2 N–H and O–H groups in total. The van der Waals surface area contributed by atoms with Crippen LogP contribution in [-0.4, -0.2) is 11.2 Å². The monoisotopic (exact) mass is 224 g/mol. The van der Waals surface area contributed by atoms with E-state index in [2.05, 4.69) is 4.98 Å². The first-order chi connectivity index (χ1) is 6.29. The second-order valence-corrected chi connectivity index (χ2v) is 4.42. The molecule has 1 rings (SSSR count). The first kappa shape index (κ1) is 11.5. The van der Waals surface area contributed by atoms with Gasteiger partial charge in [-0.2, -0.15) is 13.2 Å². The van der Waals surface area contributed by atoms with Crippen molar-refractivity contribution in [2.45, 2.75) is 32.5 Å². The molecule has 80 valence electrons. The molecule has 0 saturated carbocycles. The van der Waals surface area contributed by atoms with E-state index in [4.69, 9.17) is 5.73 Å². The number of nitrogens with zero attached hydrogens (tertiary/aromatic N) is 1. The summed E-state index contributed by atoms with van der Waals surface area (Å²) in [5, 5.41) is 0.0855. The van der Waals surface area contributed by atoms with E-state index in [1.807, 2.05) is 0 Å². The normalized spacial score (nSPS) is 14.4. The summed E-state index contributed by atoms with van der Waals surface area (Å²) in [6, 6.07) is -0.312. The molecule has 1 atom stereocenters. The summed E-state index contributed by atoms with van der Waals surface area (Å²) < 4.78 is 36.1. The summed E-state index contributed by atoms with van der Waals surface area (Å²) in [6.07, 6.45) is -5.16. The van der Waals surface area contributed by atoms with Crippen molar-refractivity contribution < 1.29 is 13.2 Å². The molecule has 0 aliphatic carbocycles. The summed E-state index contributed by atoms with van der Waals surface area (Å²) in [4.78, 5) is 4.63. The molecule has 0 spiro atoms. The van der Waals surface area contributed by atoms with Gasteiger partial charge in [0.05, 0.1) is 12.1 Å². The van der Waals surface area contributed by atoms with Gasteiger partial charge in [-0.1, -0.05) is 0 Å². The van der Waals surface area contributed by atoms with Gasteiger partial charge in [-0.05, 0) is 13.8 Å². The quantitative estimate of drug-likeness (QED) is 0.838. The van der Waals surface area contributed by atoms with Gasteiger partial charge in [0.25, 0.3) is 0 Å². The fraction of sp³-hybridized carbons (Fsp3) is 0.625. The lowest BCUT2D eigenvalue weighted by Gasteiger charge is -2.02. The Morgan fingerprint density at radius 3 is 2.43 bits per heavy atom. The van der Waals surface area contributed by atoms with Crippen LogP contribution in [0.25, 0.3) is 0 Å². The van der Waals surface area contributed by atoms with Gasteiger partial charge < -0.3 is 5.73 Å². The van der Waals surface area contributed by atoms with E-state index in [0.29, 0.717) is 5.69 Å². The molecule has 0 fully saturated rings. The van der Waals surface area contributed by atoms with Crippen LogP contribution in [0.2, 0.25) is 0 Å². The highest BCUT2D eigenvalue weighted by Gasteiger charge is 2.30. The van der Waals surface area contributed by atoms with Crippen molar-refractivity contribution >= 4 is 11.3 Å². The average molecular weight is 224 g/mol. The highest BCUT2D eigenvalue weighted by atomic mass is 32.1. The number of thiazole rings is 1. The third-order valence-electron chi connectivity index (χ3n) is 1.66. The smallest absolute Gasteiger partial charge is 0.323 e. The van der Waals surface area contributed by atoms with Gasteiger partial charge >= 0.3 is 6.18 Å². The number of alkyl halides is 3. The van der Waals surface area contributed by atoms with Crippen LogP contribution < -0.4 is 5.73 Å². The van der Waals surface area contributed by atoms with Gasteiger partial charge in [-0.15, -0.1) is 11.3 Å². The summed E-state index contributed by atoms with van der Waals surface area (Å²) in [5.74, 6) is 0. The van der Waals surface area contributed by atoms with Crippen LogP contribution >= 0.6 is 11.3 Å². The molecule has 0 bridgehead atoms. The van der Waals surface area contributed by atoms with Gasteiger partial charge in [0, 0.05) is 10.9 Å². The summed E-state index contributed by atoms with van der Waals surface area (Å²) in [6.45, 7) is 3.44. The number of nitrogens with two attached hydrogens (primary N) is 1. The Kier molecular flexibility index (Phi) is 3.16. The standard InChI is InChI=1S/C8H11F3N2S/c1-4(12)7-5(2)14-6(13-7)3-8(9,10)11/h4H,3,12H2,1-2H3. The molecule has 0 saturated heterocycles. The maximum Gasteiger partial charge on any atom is 0.395 e. The van der Waals surface area contributed by atoms with Crippen molar-refractivity contribution in [1.82, 2.24) is 4.98 Å². The van der Waals surface area contributed by atoms with Crippen molar-refractivity contribution in [2.75, 3.05) is 0 Å². The number of aromatic nitrogens is 1. The molecule has 0 amide bonds. The Hall–Kier alpha value is -0.620. The predicted octanol–water partition coefficient (Wildman–Crippen LogP) is 2.58. The second kappa shape index (κ2) is 3.86. The Bertz CT molecular complexity index is 317. The first-order valence-corrected chi connectivity index (χ1v) is 4.90. The number of hydrogen-bond acceptors (Lipinski definition) is 3. The van der Waals surface area contributed by atoms with Crippen LogP contribution in [0, 0.1) is 6.92 Å². The van der Waals surface area contributed by atoms with Gasteiger partial charge in [0.15, 0.2) is 0 Å². The maximum absolute atomic E-state index is 12.0. The highest BCUT2D eigenvalue weighted by molar-refractivity contribution is 7.11. The van der Waals surface area contributed by atoms with Crippen molar-refractivity contribution in [3.05, 3.63) is 15.6 Å². The molecule has 1 unspecified atom stereocenters. The molecular weight excluding hydrogens is 213 g/mol. The summed E-state index contributed by atoms with van der Waals surface area (Å²) in [5.41, 5.74) is 6.12. The first-order valence-electron chi connectivity index (χ1n) is 4.08. The molecule has 1 aromatic heterocycles. The Balaban J connectivity index is 2.86. The van der Waals surface area contributed by atoms with Crippen LogP contribution in [0.5, 0.6) is 0 Å². The Morgan fingerprint density at radius 1 is 1.50 bits per heavy atom. The lowest BCUT2D eigenvalue weighted by molar-refractivity contribution is -0.127. The highest BCUT2D eigenvalue weighted by Crippen LogP contribution is 2.27. The van der Waals surface area contributed by atoms with E-state index in [0.717, 1.165) is 16.2 Å². The van der Waals surface area contributed by atoms with Gasteiger partial charge in [0.1, 0.15) is 5.01 Å². The zero-order valence-electron chi connectivity index (χ0n) is 7.85. The molecule has 6 heteroatoms. The van der Waals surface area contributed by atoms with Crippen molar-refractivity contribution in [1.29, 1.82) is 0 Å². The lowest BCUT2D eigenvalue weighted by Crippen LogP contribution is -2.12. The average Bonchev–Trinajstić information content (AvgIpc) is 2.26. The lowest BCUT2D eigenvalue weighted by atomic mass is 10.2. The molecule has 0 radical (unpaired) electrons. The van der Waals surface area contributed by atoms with Crippen LogP contribution in [0.15, 0.2) is 0 Å². The maximum atomic E-state index is 12.0. The van der Waals surface area contributed by atoms with E-state index in [-0.39, 0.29) is 11.0 Å². The second-order valence-electron chi connectivity index (χ2n) is 3.13. The number of aryl methyl sites for hydroxylation is 1. The number of halogens is 3. The van der Waals surface area contributed by atoms with Crippen LogP contribution in [0.3, 0.4) is 0 Å². The minimum Gasteiger partial charge on any atom is -0.323 e.